The van der Waals surface area contributed by atoms with E-state index < -0.39 is 0 Å². The maximum Gasteiger partial charge on any atom is 0.308 e. The van der Waals surface area contributed by atoms with Gasteiger partial charge in [0.2, 0.25) is 0 Å². The lowest BCUT2D eigenvalue weighted by molar-refractivity contribution is -0.131. The van der Waals surface area contributed by atoms with Crippen LogP contribution in [0.2, 0.25) is 0 Å². The van der Waals surface area contributed by atoms with E-state index in [4.69, 9.17) is 4.74 Å². The average Bonchev–Trinajstić information content (AvgIpc) is 2.45. The minimum Gasteiger partial charge on any atom is -0.427 e. The molecule has 0 radical (unpaired) electrons. The lowest BCUT2D eigenvalue weighted by atomic mass is 9.95. The Hall–Kier alpha value is -1.39. The van der Waals surface area contributed by atoms with E-state index in [-0.39, 0.29) is 5.97 Å². The van der Waals surface area contributed by atoms with Crippen LogP contribution in [0.25, 0.3) is 0 Å². The number of carbonyl (C=O) groups excluding carboxylic acids is 1. The number of esters is 1. The van der Waals surface area contributed by atoms with Gasteiger partial charge >= 0.3 is 5.97 Å². The maximum atomic E-state index is 11.1. The van der Waals surface area contributed by atoms with E-state index in [1.165, 1.54) is 12.5 Å². The van der Waals surface area contributed by atoms with Crippen molar-refractivity contribution in [2.75, 3.05) is 26.2 Å². The first kappa shape index (κ1) is 16.0. The summed E-state index contributed by atoms with van der Waals surface area (Å²) in [5, 5.41) is 3.40. The lowest BCUT2D eigenvalue weighted by Gasteiger charge is -2.36. The standard InChI is InChI=1S/C17H26N2O2/c1-13(2)11-17(19-9-7-18-8-10-19)15-5-4-6-16(12-15)21-14(3)20/h4-6,12-13,17-18H,7-11H2,1-3H3/t17-/m1/s1. The van der Waals surface area contributed by atoms with Gasteiger partial charge in [0.25, 0.3) is 0 Å². The summed E-state index contributed by atoms with van der Waals surface area (Å²) in [7, 11) is 0. The summed E-state index contributed by atoms with van der Waals surface area (Å²) >= 11 is 0. The molecule has 1 aromatic rings. The molecule has 1 heterocycles. The van der Waals surface area contributed by atoms with Crippen molar-refractivity contribution in [1.29, 1.82) is 0 Å². The first-order chi connectivity index (χ1) is 10.1. The van der Waals surface area contributed by atoms with E-state index in [2.05, 4.69) is 30.1 Å². The molecule has 0 bridgehead atoms. The van der Waals surface area contributed by atoms with E-state index >= 15 is 0 Å². The second-order valence-electron chi connectivity index (χ2n) is 6.10. The van der Waals surface area contributed by atoms with E-state index in [1.54, 1.807) is 0 Å². The van der Waals surface area contributed by atoms with Crippen LogP contribution < -0.4 is 10.1 Å². The summed E-state index contributed by atoms with van der Waals surface area (Å²) < 4.78 is 5.23. The third-order valence-corrected chi connectivity index (χ3v) is 3.79. The fourth-order valence-corrected chi connectivity index (χ4v) is 2.89. The highest BCUT2D eigenvalue weighted by Gasteiger charge is 2.23. The maximum absolute atomic E-state index is 11.1. The molecular weight excluding hydrogens is 264 g/mol. The topological polar surface area (TPSA) is 41.6 Å². The van der Waals surface area contributed by atoms with Gasteiger partial charge in [0.05, 0.1) is 0 Å². The average molecular weight is 290 g/mol. The zero-order chi connectivity index (χ0) is 15.2. The number of ether oxygens (including phenoxy) is 1. The smallest absolute Gasteiger partial charge is 0.308 e. The summed E-state index contributed by atoms with van der Waals surface area (Å²) in [4.78, 5) is 13.7. The molecule has 4 nitrogen and oxygen atoms in total. The SMILES string of the molecule is CC(=O)Oc1cccc([C@@H](CC(C)C)N2CCNCC2)c1. The van der Waals surface area contributed by atoms with Crippen LogP contribution in [-0.2, 0) is 4.79 Å². The summed E-state index contributed by atoms with van der Waals surface area (Å²) in [6, 6.07) is 8.36. The van der Waals surface area contributed by atoms with E-state index in [1.807, 2.05) is 18.2 Å². The molecule has 2 rings (SSSR count). The molecule has 0 aromatic heterocycles. The molecule has 0 aliphatic carbocycles. The van der Waals surface area contributed by atoms with E-state index in [0.29, 0.717) is 17.7 Å². The van der Waals surface area contributed by atoms with Gasteiger partial charge in [-0.05, 0) is 30.0 Å². The second kappa shape index (κ2) is 7.57. The van der Waals surface area contributed by atoms with Crippen LogP contribution in [0.3, 0.4) is 0 Å². The Morgan fingerprint density at radius 1 is 1.33 bits per heavy atom. The molecule has 1 aliphatic heterocycles. The second-order valence-corrected chi connectivity index (χ2v) is 6.10. The fourth-order valence-electron chi connectivity index (χ4n) is 2.89. The molecule has 21 heavy (non-hydrogen) atoms. The monoisotopic (exact) mass is 290 g/mol. The van der Waals surface area contributed by atoms with Crippen molar-refractivity contribution in [2.24, 2.45) is 5.92 Å². The molecule has 1 atom stereocenters. The van der Waals surface area contributed by atoms with E-state index in [0.717, 1.165) is 32.6 Å². The zero-order valence-corrected chi connectivity index (χ0v) is 13.3. The normalized spacial score (nSPS) is 17.7. The largest absolute Gasteiger partial charge is 0.427 e. The Bertz CT molecular complexity index is 468. The molecule has 0 saturated carbocycles. The van der Waals surface area contributed by atoms with Crippen LogP contribution in [0.1, 0.15) is 38.8 Å². The molecule has 1 aliphatic rings. The van der Waals surface area contributed by atoms with Gasteiger partial charge in [-0.25, -0.2) is 0 Å². The summed E-state index contributed by atoms with van der Waals surface area (Å²) in [6.45, 7) is 10.2. The minimum absolute atomic E-state index is 0.269. The summed E-state index contributed by atoms with van der Waals surface area (Å²) in [5.74, 6) is 1.00. The number of rotatable bonds is 5. The van der Waals surface area contributed by atoms with Crippen LogP contribution in [0.15, 0.2) is 24.3 Å². The Kier molecular flexibility index (Phi) is 5.76. The molecule has 1 fully saturated rings. The molecule has 0 amide bonds. The van der Waals surface area contributed by atoms with Gasteiger partial charge < -0.3 is 10.1 Å². The van der Waals surface area contributed by atoms with Gasteiger partial charge in [-0.1, -0.05) is 26.0 Å². The van der Waals surface area contributed by atoms with Crippen molar-refractivity contribution >= 4 is 5.97 Å². The predicted molar refractivity (Wildman–Crippen MR) is 84.4 cm³/mol. The summed E-state index contributed by atoms with van der Waals surface area (Å²) in [5.41, 5.74) is 1.24. The van der Waals surface area contributed by atoms with Crippen LogP contribution in [0.4, 0.5) is 0 Å². The van der Waals surface area contributed by atoms with Crippen molar-refractivity contribution in [3.8, 4) is 5.75 Å². The van der Waals surface area contributed by atoms with Gasteiger partial charge in [0.1, 0.15) is 5.75 Å². The molecule has 1 aromatic carbocycles. The number of hydrogen-bond donors (Lipinski definition) is 1. The minimum atomic E-state index is -0.269. The van der Waals surface area contributed by atoms with Crippen molar-refractivity contribution in [3.63, 3.8) is 0 Å². The quantitative estimate of drug-likeness (QED) is 0.668. The van der Waals surface area contributed by atoms with Crippen LogP contribution in [0, 0.1) is 5.92 Å². The number of hydrogen-bond acceptors (Lipinski definition) is 4. The first-order valence-electron chi connectivity index (χ1n) is 7.79. The lowest BCUT2D eigenvalue weighted by Crippen LogP contribution is -2.45. The number of piperazine rings is 1. The molecule has 0 unspecified atom stereocenters. The van der Waals surface area contributed by atoms with Crippen LogP contribution in [-0.4, -0.2) is 37.0 Å². The molecule has 1 N–H and O–H groups in total. The Morgan fingerprint density at radius 3 is 2.67 bits per heavy atom. The highest BCUT2D eigenvalue weighted by molar-refractivity contribution is 5.69. The fraction of sp³-hybridized carbons (Fsp3) is 0.588. The third-order valence-electron chi connectivity index (χ3n) is 3.79. The number of benzene rings is 1. The zero-order valence-electron chi connectivity index (χ0n) is 13.3. The Morgan fingerprint density at radius 2 is 2.05 bits per heavy atom. The number of carbonyl (C=O) groups is 1. The molecule has 1 saturated heterocycles. The number of nitrogens with zero attached hydrogens (tertiary/aromatic N) is 1. The Labute approximate surface area is 127 Å². The van der Waals surface area contributed by atoms with E-state index in [9.17, 15) is 4.79 Å². The van der Waals surface area contributed by atoms with Gasteiger partial charge in [0, 0.05) is 39.1 Å². The van der Waals surface area contributed by atoms with Crippen LogP contribution >= 0.6 is 0 Å². The van der Waals surface area contributed by atoms with Gasteiger partial charge in [-0.3, -0.25) is 9.69 Å². The van der Waals surface area contributed by atoms with Gasteiger partial charge in [-0.2, -0.15) is 0 Å². The summed E-state index contributed by atoms with van der Waals surface area (Å²) in [6.07, 6.45) is 1.11. The first-order valence-corrected chi connectivity index (χ1v) is 7.79. The predicted octanol–water partition coefficient (Wildman–Crippen LogP) is 2.60. The molecule has 4 heteroatoms. The van der Waals surface area contributed by atoms with Crippen molar-refractivity contribution in [2.45, 2.75) is 33.2 Å². The number of nitrogens with one attached hydrogen (secondary N) is 1. The van der Waals surface area contributed by atoms with Gasteiger partial charge in [-0.15, -0.1) is 0 Å². The van der Waals surface area contributed by atoms with Crippen molar-refractivity contribution < 1.29 is 9.53 Å². The van der Waals surface area contributed by atoms with Crippen molar-refractivity contribution in [3.05, 3.63) is 29.8 Å². The molecule has 0 spiro atoms. The Balaban J connectivity index is 2.20. The molecule has 116 valence electrons. The van der Waals surface area contributed by atoms with Crippen molar-refractivity contribution in [1.82, 2.24) is 10.2 Å². The third kappa shape index (κ3) is 4.83. The highest BCUT2D eigenvalue weighted by Crippen LogP contribution is 2.30. The van der Waals surface area contributed by atoms with Gasteiger partial charge in [0.15, 0.2) is 0 Å². The van der Waals surface area contributed by atoms with Crippen LogP contribution in [0.5, 0.6) is 5.75 Å². The molecular formula is C17H26N2O2. The highest BCUT2D eigenvalue weighted by atomic mass is 16.5.